The molecular weight excluding hydrogens is 267 g/mol. The minimum Gasteiger partial charge on any atom is -0.305 e. The topological polar surface area (TPSA) is 55.2 Å². The van der Waals surface area contributed by atoms with Gasteiger partial charge in [0, 0.05) is 29.1 Å². The average Bonchev–Trinajstić information content (AvgIpc) is 2.89. The summed E-state index contributed by atoms with van der Waals surface area (Å²) in [6.07, 6.45) is 0. The first kappa shape index (κ1) is 13.6. The standard InChI is InChI=1S/C13H13FN2O2S/c1-9(13-3-2-6-19-13)15-8-10-7-11(14)4-5-12(10)16(17)18/h2-7,9,15H,8H2,1H3/t9-/m0/s1. The largest absolute Gasteiger partial charge is 0.305 e. The zero-order valence-electron chi connectivity index (χ0n) is 10.3. The van der Waals surface area contributed by atoms with Crippen molar-refractivity contribution in [2.24, 2.45) is 0 Å². The van der Waals surface area contributed by atoms with E-state index in [1.54, 1.807) is 11.3 Å². The summed E-state index contributed by atoms with van der Waals surface area (Å²) in [7, 11) is 0. The van der Waals surface area contributed by atoms with E-state index in [0.717, 1.165) is 10.9 Å². The van der Waals surface area contributed by atoms with Gasteiger partial charge >= 0.3 is 0 Å². The SMILES string of the molecule is C[C@H](NCc1cc(F)ccc1[N+](=O)[O-])c1cccs1. The number of nitro groups is 1. The molecule has 0 fully saturated rings. The molecule has 0 aliphatic rings. The Labute approximate surface area is 114 Å². The molecule has 19 heavy (non-hydrogen) atoms. The number of nitrogens with one attached hydrogen (secondary N) is 1. The molecule has 0 spiro atoms. The van der Waals surface area contributed by atoms with Crippen LogP contribution in [0.5, 0.6) is 0 Å². The molecule has 0 unspecified atom stereocenters. The molecule has 100 valence electrons. The van der Waals surface area contributed by atoms with Crippen molar-refractivity contribution in [3.8, 4) is 0 Å². The second kappa shape index (κ2) is 5.90. The maximum Gasteiger partial charge on any atom is 0.274 e. The fourth-order valence-corrected chi connectivity index (χ4v) is 2.53. The molecule has 1 aromatic heterocycles. The van der Waals surface area contributed by atoms with Crippen molar-refractivity contribution in [1.82, 2.24) is 5.32 Å². The minimum atomic E-state index is -0.494. The zero-order valence-corrected chi connectivity index (χ0v) is 11.1. The lowest BCUT2D eigenvalue weighted by Crippen LogP contribution is -2.18. The van der Waals surface area contributed by atoms with Gasteiger partial charge in [-0.15, -0.1) is 11.3 Å². The average molecular weight is 280 g/mol. The Balaban J connectivity index is 2.10. The van der Waals surface area contributed by atoms with Crippen LogP contribution in [0.2, 0.25) is 0 Å². The highest BCUT2D eigenvalue weighted by atomic mass is 32.1. The summed E-state index contributed by atoms with van der Waals surface area (Å²) in [5, 5.41) is 16.0. The number of nitro benzene ring substituents is 1. The lowest BCUT2D eigenvalue weighted by molar-refractivity contribution is -0.385. The molecule has 1 N–H and O–H groups in total. The molecule has 0 amide bonds. The van der Waals surface area contributed by atoms with E-state index in [0.29, 0.717) is 5.56 Å². The van der Waals surface area contributed by atoms with Crippen LogP contribution in [-0.2, 0) is 6.54 Å². The second-order valence-electron chi connectivity index (χ2n) is 4.15. The maximum atomic E-state index is 13.2. The Kier molecular flexibility index (Phi) is 4.24. The van der Waals surface area contributed by atoms with Gasteiger partial charge in [0.1, 0.15) is 5.82 Å². The summed E-state index contributed by atoms with van der Waals surface area (Å²) in [5.41, 5.74) is 0.292. The molecule has 0 saturated carbocycles. The number of benzene rings is 1. The Bertz CT molecular complexity index is 572. The first-order valence-electron chi connectivity index (χ1n) is 5.77. The number of halogens is 1. The third-order valence-corrected chi connectivity index (χ3v) is 3.86. The predicted molar refractivity (Wildman–Crippen MR) is 72.6 cm³/mol. The molecule has 0 radical (unpaired) electrons. The third-order valence-electron chi connectivity index (χ3n) is 2.81. The molecule has 6 heteroatoms. The molecule has 1 heterocycles. The van der Waals surface area contributed by atoms with Crippen molar-refractivity contribution < 1.29 is 9.31 Å². The van der Waals surface area contributed by atoms with Crippen LogP contribution in [0.1, 0.15) is 23.4 Å². The van der Waals surface area contributed by atoms with Crippen molar-refractivity contribution in [2.75, 3.05) is 0 Å². The highest BCUT2D eigenvalue weighted by Gasteiger charge is 2.15. The fraction of sp³-hybridized carbons (Fsp3) is 0.231. The summed E-state index contributed by atoms with van der Waals surface area (Å²) in [6, 6.07) is 7.51. The summed E-state index contributed by atoms with van der Waals surface area (Å²) in [5.74, 6) is -0.467. The van der Waals surface area contributed by atoms with Crippen molar-refractivity contribution in [2.45, 2.75) is 19.5 Å². The molecule has 4 nitrogen and oxygen atoms in total. The Morgan fingerprint density at radius 2 is 2.26 bits per heavy atom. The number of hydrogen-bond donors (Lipinski definition) is 1. The van der Waals surface area contributed by atoms with Crippen LogP contribution in [0.4, 0.5) is 10.1 Å². The van der Waals surface area contributed by atoms with Gasteiger partial charge in [0.25, 0.3) is 5.69 Å². The van der Waals surface area contributed by atoms with Crippen LogP contribution >= 0.6 is 11.3 Å². The van der Waals surface area contributed by atoms with Crippen LogP contribution in [0, 0.1) is 15.9 Å². The highest BCUT2D eigenvalue weighted by Crippen LogP contribution is 2.22. The van der Waals surface area contributed by atoms with Crippen LogP contribution in [0.15, 0.2) is 35.7 Å². The molecule has 0 aliphatic carbocycles. The van der Waals surface area contributed by atoms with Gasteiger partial charge in [-0.05, 0) is 30.5 Å². The predicted octanol–water partition coefficient (Wildman–Crippen LogP) is 3.65. The first-order chi connectivity index (χ1) is 9.08. The normalized spacial score (nSPS) is 12.3. The zero-order chi connectivity index (χ0) is 13.8. The summed E-state index contributed by atoms with van der Waals surface area (Å²) < 4.78 is 13.2. The van der Waals surface area contributed by atoms with Crippen LogP contribution in [-0.4, -0.2) is 4.92 Å². The lowest BCUT2D eigenvalue weighted by Gasteiger charge is -2.12. The summed E-state index contributed by atoms with van der Waals surface area (Å²) in [4.78, 5) is 11.5. The number of hydrogen-bond acceptors (Lipinski definition) is 4. The van der Waals surface area contributed by atoms with Gasteiger partial charge in [-0.25, -0.2) is 4.39 Å². The van der Waals surface area contributed by atoms with E-state index in [4.69, 9.17) is 0 Å². The lowest BCUT2D eigenvalue weighted by atomic mass is 10.1. The van der Waals surface area contributed by atoms with Gasteiger partial charge in [-0.3, -0.25) is 10.1 Å². The summed E-state index contributed by atoms with van der Waals surface area (Å²) >= 11 is 1.61. The van der Waals surface area contributed by atoms with Gasteiger partial charge in [0.05, 0.1) is 4.92 Å². The van der Waals surface area contributed by atoms with E-state index in [9.17, 15) is 14.5 Å². The van der Waals surface area contributed by atoms with Crippen molar-refractivity contribution in [3.63, 3.8) is 0 Å². The van der Waals surface area contributed by atoms with E-state index < -0.39 is 10.7 Å². The van der Waals surface area contributed by atoms with Crippen LogP contribution in [0.3, 0.4) is 0 Å². The van der Waals surface area contributed by atoms with E-state index in [-0.39, 0.29) is 18.3 Å². The molecule has 1 atom stereocenters. The van der Waals surface area contributed by atoms with Gasteiger partial charge in [0.2, 0.25) is 0 Å². The van der Waals surface area contributed by atoms with Gasteiger partial charge in [0.15, 0.2) is 0 Å². The monoisotopic (exact) mass is 280 g/mol. The molecule has 0 saturated heterocycles. The van der Waals surface area contributed by atoms with Gasteiger partial charge in [-0.1, -0.05) is 6.07 Å². The fourth-order valence-electron chi connectivity index (χ4n) is 1.78. The molecule has 2 aromatic rings. The molecule has 0 bridgehead atoms. The number of nitrogens with zero attached hydrogens (tertiary/aromatic N) is 1. The van der Waals surface area contributed by atoms with Gasteiger partial charge in [-0.2, -0.15) is 0 Å². The smallest absolute Gasteiger partial charge is 0.274 e. The van der Waals surface area contributed by atoms with Crippen molar-refractivity contribution in [1.29, 1.82) is 0 Å². The third kappa shape index (κ3) is 3.36. The number of thiophene rings is 1. The summed E-state index contributed by atoms with van der Waals surface area (Å²) in [6.45, 7) is 2.23. The molecular formula is C13H13FN2O2S. The van der Waals surface area contributed by atoms with Crippen molar-refractivity contribution >= 4 is 17.0 Å². The molecule has 2 rings (SSSR count). The van der Waals surface area contributed by atoms with Crippen molar-refractivity contribution in [3.05, 3.63) is 62.1 Å². The maximum absolute atomic E-state index is 13.2. The van der Waals surface area contributed by atoms with Gasteiger partial charge < -0.3 is 5.32 Å². The number of rotatable bonds is 5. The van der Waals surface area contributed by atoms with E-state index in [1.807, 2.05) is 24.4 Å². The van der Waals surface area contributed by atoms with E-state index in [2.05, 4.69) is 5.32 Å². The quantitative estimate of drug-likeness (QED) is 0.672. The Morgan fingerprint density at radius 1 is 1.47 bits per heavy atom. The van der Waals surface area contributed by atoms with Crippen LogP contribution in [0.25, 0.3) is 0 Å². The highest BCUT2D eigenvalue weighted by molar-refractivity contribution is 7.10. The van der Waals surface area contributed by atoms with E-state index >= 15 is 0 Å². The Hall–Kier alpha value is -1.79. The van der Waals surface area contributed by atoms with Crippen LogP contribution < -0.4 is 5.32 Å². The molecule has 1 aromatic carbocycles. The Morgan fingerprint density at radius 3 is 2.89 bits per heavy atom. The minimum absolute atomic E-state index is 0.0627. The first-order valence-corrected chi connectivity index (χ1v) is 6.65. The molecule has 0 aliphatic heterocycles. The second-order valence-corrected chi connectivity index (χ2v) is 5.13. The van der Waals surface area contributed by atoms with E-state index in [1.165, 1.54) is 12.1 Å².